The third kappa shape index (κ3) is 2.86. The number of aromatic nitrogens is 2. The van der Waals surface area contributed by atoms with Gasteiger partial charge in [-0.3, -0.25) is 0 Å². The van der Waals surface area contributed by atoms with Gasteiger partial charge >= 0.3 is 0 Å². The third-order valence-electron chi connectivity index (χ3n) is 2.49. The van der Waals surface area contributed by atoms with Gasteiger partial charge in [0.1, 0.15) is 0 Å². The molecule has 2 N–H and O–H groups in total. The molecule has 1 aromatic carbocycles. The first-order chi connectivity index (χ1) is 7.74. The van der Waals surface area contributed by atoms with Crippen LogP contribution in [-0.2, 0) is 6.42 Å². The Bertz CT molecular complexity index is 460. The van der Waals surface area contributed by atoms with Crippen LogP contribution >= 0.6 is 0 Å². The first kappa shape index (κ1) is 10.7. The molecule has 3 heteroatoms. The van der Waals surface area contributed by atoms with Gasteiger partial charge in [0.25, 0.3) is 0 Å². The molecule has 84 valence electrons. The van der Waals surface area contributed by atoms with Crippen LogP contribution < -0.4 is 5.32 Å². The monoisotopic (exact) mass is 215 g/mol. The summed E-state index contributed by atoms with van der Waals surface area (Å²) in [6.07, 6.45) is 2.84. The number of aryl methyl sites for hydroxylation is 2. The third-order valence-corrected chi connectivity index (χ3v) is 2.49. The maximum atomic E-state index is 4.20. The quantitative estimate of drug-likeness (QED) is 0.823. The summed E-state index contributed by atoms with van der Waals surface area (Å²) in [6, 6.07) is 8.59. The zero-order chi connectivity index (χ0) is 11.4. The van der Waals surface area contributed by atoms with E-state index < -0.39 is 0 Å². The summed E-state index contributed by atoms with van der Waals surface area (Å²) in [5.41, 5.74) is 3.75. The van der Waals surface area contributed by atoms with E-state index in [-0.39, 0.29) is 0 Å². The van der Waals surface area contributed by atoms with Crippen LogP contribution in [0.2, 0.25) is 0 Å². The minimum Gasteiger partial charge on any atom is -0.355 e. The molecule has 0 aliphatic carbocycles. The fourth-order valence-corrected chi connectivity index (χ4v) is 1.70. The van der Waals surface area contributed by atoms with Crippen molar-refractivity contribution < 1.29 is 0 Å². The fraction of sp³-hybridized carbons (Fsp3) is 0.308. The van der Waals surface area contributed by atoms with Crippen molar-refractivity contribution in [2.24, 2.45) is 0 Å². The van der Waals surface area contributed by atoms with Crippen LogP contribution in [0.5, 0.6) is 0 Å². The average Bonchev–Trinajstić information content (AvgIpc) is 2.64. The van der Waals surface area contributed by atoms with Crippen molar-refractivity contribution in [2.75, 3.05) is 11.9 Å². The molecule has 3 nitrogen and oxygen atoms in total. The zero-order valence-electron chi connectivity index (χ0n) is 9.75. The Morgan fingerprint density at radius 3 is 2.88 bits per heavy atom. The van der Waals surface area contributed by atoms with Gasteiger partial charge in [0.15, 0.2) is 5.95 Å². The Morgan fingerprint density at radius 2 is 2.19 bits per heavy atom. The SMILES string of the molecule is Cc1cccc(CCNc2ncc(C)[nH]2)c1. The summed E-state index contributed by atoms with van der Waals surface area (Å²) >= 11 is 0. The Morgan fingerprint density at radius 1 is 1.31 bits per heavy atom. The predicted octanol–water partition coefficient (Wildman–Crippen LogP) is 2.68. The normalized spacial score (nSPS) is 10.4. The molecule has 0 atom stereocenters. The Labute approximate surface area is 95.9 Å². The van der Waals surface area contributed by atoms with E-state index in [0.717, 1.165) is 24.6 Å². The summed E-state index contributed by atoms with van der Waals surface area (Å²) < 4.78 is 0. The van der Waals surface area contributed by atoms with Crippen molar-refractivity contribution in [1.29, 1.82) is 0 Å². The molecular formula is C13H17N3. The fourth-order valence-electron chi connectivity index (χ4n) is 1.70. The molecule has 2 rings (SSSR count). The number of benzene rings is 1. The smallest absolute Gasteiger partial charge is 0.200 e. The van der Waals surface area contributed by atoms with Gasteiger partial charge in [-0.25, -0.2) is 4.98 Å². The maximum Gasteiger partial charge on any atom is 0.200 e. The number of imidazole rings is 1. The number of hydrogen-bond acceptors (Lipinski definition) is 2. The molecule has 0 bridgehead atoms. The highest BCUT2D eigenvalue weighted by Crippen LogP contribution is 2.05. The maximum absolute atomic E-state index is 4.20. The molecule has 1 heterocycles. The largest absolute Gasteiger partial charge is 0.355 e. The lowest BCUT2D eigenvalue weighted by Crippen LogP contribution is -2.06. The van der Waals surface area contributed by atoms with Crippen LogP contribution in [0.4, 0.5) is 5.95 Å². The molecule has 0 saturated heterocycles. The van der Waals surface area contributed by atoms with E-state index in [4.69, 9.17) is 0 Å². The molecule has 0 spiro atoms. The molecule has 0 unspecified atom stereocenters. The molecule has 1 aromatic heterocycles. The lowest BCUT2D eigenvalue weighted by molar-refractivity contribution is 0.993. The van der Waals surface area contributed by atoms with E-state index in [9.17, 15) is 0 Å². The van der Waals surface area contributed by atoms with E-state index in [0.29, 0.717) is 0 Å². The molecule has 0 radical (unpaired) electrons. The number of nitrogens with one attached hydrogen (secondary N) is 2. The van der Waals surface area contributed by atoms with Crippen molar-refractivity contribution in [3.63, 3.8) is 0 Å². The number of anilines is 1. The Hall–Kier alpha value is -1.77. The van der Waals surface area contributed by atoms with Gasteiger partial charge in [-0.1, -0.05) is 29.8 Å². The van der Waals surface area contributed by atoms with Crippen molar-refractivity contribution in [3.05, 3.63) is 47.3 Å². The van der Waals surface area contributed by atoms with E-state index in [2.05, 4.69) is 46.5 Å². The van der Waals surface area contributed by atoms with Gasteiger partial charge in [0.05, 0.1) is 0 Å². The molecule has 0 saturated carbocycles. The van der Waals surface area contributed by atoms with Crippen molar-refractivity contribution in [2.45, 2.75) is 20.3 Å². The van der Waals surface area contributed by atoms with Crippen LogP contribution in [0.1, 0.15) is 16.8 Å². The van der Waals surface area contributed by atoms with Gasteiger partial charge in [-0.2, -0.15) is 0 Å². The second-order valence-corrected chi connectivity index (χ2v) is 4.08. The summed E-state index contributed by atoms with van der Waals surface area (Å²) in [5, 5.41) is 3.27. The van der Waals surface area contributed by atoms with Gasteiger partial charge in [0, 0.05) is 18.4 Å². The molecule has 0 aliphatic rings. The average molecular weight is 215 g/mol. The van der Waals surface area contributed by atoms with Gasteiger partial charge < -0.3 is 10.3 Å². The van der Waals surface area contributed by atoms with Crippen LogP contribution in [-0.4, -0.2) is 16.5 Å². The highest BCUT2D eigenvalue weighted by molar-refractivity contribution is 5.27. The topological polar surface area (TPSA) is 40.7 Å². The molecule has 16 heavy (non-hydrogen) atoms. The predicted molar refractivity (Wildman–Crippen MR) is 66.7 cm³/mol. The highest BCUT2D eigenvalue weighted by atomic mass is 15.1. The van der Waals surface area contributed by atoms with E-state index in [1.807, 2.05) is 13.1 Å². The molecular weight excluding hydrogens is 198 g/mol. The van der Waals surface area contributed by atoms with E-state index >= 15 is 0 Å². The van der Waals surface area contributed by atoms with Crippen LogP contribution in [0, 0.1) is 13.8 Å². The Kier molecular flexibility index (Phi) is 3.25. The van der Waals surface area contributed by atoms with Crippen molar-refractivity contribution >= 4 is 5.95 Å². The standard InChI is InChI=1S/C13H17N3/c1-10-4-3-5-12(8-10)6-7-14-13-15-9-11(2)16-13/h3-5,8-9H,6-7H2,1-2H3,(H2,14,15,16). The van der Waals surface area contributed by atoms with Crippen LogP contribution in [0.3, 0.4) is 0 Å². The summed E-state index contributed by atoms with van der Waals surface area (Å²) in [7, 11) is 0. The number of hydrogen-bond donors (Lipinski definition) is 2. The van der Waals surface area contributed by atoms with Gasteiger partial charge in [0.2, 0.25) is 0 Å². The van der Waals surface area contributed by atoms with E-state index in [1.165, 1.54) is 11.1 Å². The first-order valence-electron chi connectivity index (χ1n) is 5.55. The minimum absolute atomic E-state index is 0.852. The first-order valence-corrected chi connectivity index (χ1v) is 5.55. The summed E-state index contributed by atoms with van der Waals surface area (Å²) in [5.74, 6) is 0.852. The van der Waals surface area contributed by atoms with Gasteiger partial charge in [-0.05, 0) is 25.8 Å². The summed E-state index contributed by atoms with van der Waals surface area (Å²) in [4.78, 5) is 7.35. The minimum atomic E-state index is 0.852. The second kappa shape index (κ2) is 4.84. The lowest BCUT2D eigenvalue weighted by Gasteiger charge is -2.04. The molecule has 0 aliphatic heterocycles. The van der Waals surface area contributed by atoms with E-state index in [1.54, 1.807) is 0 Å². The highest BCUT2D eigenvalue weighted by Gasteiger charge is 1.96. The molecule has 0 amide bonds. The second-order valence-electron chi connectivity index (χ2n) is 4.08. The van der Waals surface area contributed by atoms with Crippen molar-refractivity contribution in [3.8, 4) is 0 Å². The van der Waals surface area contributed by atoms with Crippen molar-refractivity contribution in [1.82, 2.24) is 9.97 Å². The number of aromatic amines is 1. The van der Waals surface area contributed by atoms with Gasteiger partial charge in [-0.15, -0.1) is 0 Å². The lowest BCUT2D eigenvalue weighted by atomic mass is 10.1. The summed E-state index contributed by atoms with van der Waals surface area (Å²) in [6.45, 7) is 5.02. The molecule has 0 fully saturated rings. The molecule has 2 aromatic rings. The Balaban J connectivity index is 1.84. The van der Waals surface area contributed by atoms with Crippen LogP contribution in [0.15, 0.2) is 30.5 Å². The number of H-pyrrole nitrogens is 1. The zero-order valence-corrected chi connectivity index (χ0v) is 9.75. The number of nitrogens with zero attached hydrogens (tertiary/aromatic N) is 1. The van der Waals surface area contributed by atoms with Crippen LogP contribution in [0.25, 0.3) is 0 Å². The number of rotatable bonds is 4.